The summed E-state index contributed by atoms with van der Waals surface area (Å²) in [6.45, 7) is 1.71. The van der Waals surface area contributed by atoms with E-state index >= 15 is 0 Å². The van der Waals surface area contributed by atoms with Gasteiger partial charge in [0.05, 0.1) is 31.9 Å². The van der Waals surface area contributed by atoms with E-state index in [0.717, 1.165) is 34.8 Å². The van der Waals surface area contributed by atoms with Gasteiger partial charge >= 0.3 is 0 Å². The third-order valence-corrected chi connectivity index (χ3v) is 6.69. The molecule has 1 atom stereocenters. The van der Waals surface area contributed by atoms with Crippen LogP contribution in [-0.4, -0.2) is 45.3 Å². The van der Waals surface area contributed by atoms with Gasteiger partial charge in [-0.25, -0.2) is 9.37 Å². The van der Waals surface area contributed by atoms with Crippen molar-refractivity contribution < 1.29 is 23.4 Å². The highest BCUT2D eigenvalue weighted by Crippen LogP contribution is 2.38. The predicted octanol–water partition coefficient (Wildman–Crippen LogP) is 3.99. The van der Waals surface area contributed by atoms with E-state index < -0.39 is 0 Å². The first-order valence-electron chi connectivity index (χ1n) is 10.4. The van der Waals surface area contributed by atoms with Crippen molar-refractivity contribution in [3.8, 4) is 17.2 Å². The average molecular weight is 460 g/mol. The number of piperidine rings is 1. The summed E-state index contributed by atoms with van der Waals surface area (Å²) >= 11 is 1.46. The van der Waals surface area contributed by atoms with E-state index in [0.29, 0.717) is 35.9 Å². The summed E-state index contributed by atoms with van der Waals surface area (Å²) in [4.78, 5) is 19.5. The van der Waals surface area contributed by atoms with Crippen LogP contribution in [0.1, 0.15) is 18.4 Å². The summed E-state index contributed by atoms with van der Waals surface area (Å²) in [6, 6.07) is 8.62. The number of rotatable bonds is 7. The van der Waals surface area contributed by atoms with Gasteiger partial charge in [0.15, 0.2) is 16.6 Å². The van der Waals surface area contributed by atoms with Gasteiger partial charge in [0.25, 0.3) is 0 Å². The fourth-order valence-corrected chi connectivity index (χ4v) is 4.99. The maximum atomic E-state index is 14.0. The van der Waals surface area contributed by atoms with Crippen LogP contribution in [0.15, 0.2) is 30.3 Å². The van der Waals surface area contributed by atoms with E-state index in [1.807, 2.05) is 18.2 Å². The molecule has 1 N–H and O–H groups in total. The highest BCUT2D eigenvalue weighted by molar-refractivity contribution is 7.22. The molecule has 1 fully saturated rings. The molecule has 1 saturated heterocycles. The minimum absolute atomic E-state index is 0.0178. The molecule has 2 heterocycles. The number of amides is 1. The number of hydrogen-bond acceptors (Lipinski definition) is 7. The molecule has 32 heavy (non-hydrogen) atoms. The first-order chi connectivity index (χ1) is 15.5. The molecule has 7 nitrogen and oxygen atoms in total. The second kappa shape index (κ2) is 9.60. The van der Waals surface area contributed by atoms with Gasteiger partial charge in [-0.3, -0.25) is 4.79 Å². The van der Waals surface area contributed by atoms with Crippen LogP contribution in [0, 0.1) is 11.7 Å². The normalized spacial score (nSPS) is 16.1. The number of ether oxygens (including phenoxy) is 3. The van der Waals surface area contributed by atoms with E-state index in [2.05, 4.69) is 15.2 Å². The Kier molecular flexibility index (Phi) is 6.64. The quantitative estimate of drug-likeness (QED) is 0.576. The van der Waals surface area contributed by atoms with Crippen molar-refractivity contribution >= 4 is 32.6 Å². The number of halogens is 1. The number of fused-ring (bicyclic) bond motifs is 1. The summed E-state index contributed by atoms with van der Waals surface area (Å²) in [7, 11) is 4.67. The molecule has 0 radical (unpaired) electrons. The van der Waals surface area contributed by atoms with Crippen molar-refractivity contribution in [1.82, 2.24) is 10.3 Å². The van der Waals surface area contributed by atoms with Crippen LogP contribution in [0.25, 0.3) is 10.2 Å². The molecule has 170 valence electrons. The molecular formula is C23H26FN3O4S. The molecule has 1 aromatic heterocycles. The Balaban J connectivity index is 1.43. The van der Waals surface area contributed by atoms with Gasteiger partial charge in [-0.2, -0.15) is 0 Å². The average Bonchev–Trinajstić information content (AvgIpc) is 3.27. The van der Waals surface area contributed by atoms with Gasteiger partial charge in [0.2, 0.25) is 11.7 Å². The van der Waals surface area contributed by atoms with E-state index in [-0.39, 0.29) is 17.6 Å². The summed E-state index contributed by atoms with van der Waals surface area (Å²) < 4.78 is 30.9. The fourth-order valence-electron chi connectivity index (χ4n) is 3.97. The molecule has 1 aliphatic heterocycles. The van der Waals surface area contributed by atoms with E-state index in [1.54, 1.807) is 27.4 Å². The molecule has 9 heteroatoms. The Hall–Kier alpha value is -3.07. The van der Waals surface area contributed by atoms with Gasteiger partial charge in [0, 0.05) is 19.6 Å². The van der Waals surface area contributed by atoms with Crippen molar-refractivity contribution in [2.45, 2.75) is 19.4 Å². The number of methoxy groups -OCH3 is 3. The number of carbonyl (C=O) groups excluding carboxylic acids is 1. The lowest BCUT2D eigenvalue weighted by Gasteiger charge is -2.31. The lowest BCUT2D eigenvalue weighted by molar-refractivity contribution is -0.125. The Bertz CT molecular complexity index is 1090. The SMILES string of the molecule is COc1cc(CNC(=O)C2CCCN(c3nc4c(F)cccc4s3)C2)cc(OC)c1OC. The highest BCUT2D eigenvalue weighted by Gasteiger charge is 2.28. The first-order valence-corrected chi connectivity index (χ1v) is 11.2. The second-order valence-electron chi connectivity index (χ2n) is 7.62. The zero-order chi connectivity index (χ0) is 22.7. The third-order valence-electron chi connectivity index (χ3n) is 5.61. The molecule has 1 amide bonds. The number of hydrogen-bond donors (Lipinski definition) is 1. The molecule has 0 aliphatic carbocycles. The zero-order valence-electron chi connectivity index (χ0n) is 18.3. The molecule has 0 spiro atoms. The number of benzene rings is 2. The van der Waals surface area contributed by atoms with Gasteiger partial charge < -0.3 is 24.4 Å². The molecule has 0 saturated carbocycles. The smallest absolute Gasteiger partial charge is 0.225 e. The van der Waals surface area contributed by atoms with Crippen LogP contribution < -0.4 is 24.4 Å². The number of nitrogens with one attached hydrogen (secondary N) is 1. The monoisotopic (exact) mass is 459 g/mol. The fraction of sp³-hybridized carbons (Fsp3) is 0.391. The minimum atomic E-state index is -0.318. The van der Waals surface area contributed by atoms with E-state index in [9.17, 15) is 9.18 Å². The standard InChI is InChI=1S/C23H26FN3O4S/c1-29-17-10-14(11-18(30-2)21(17)31-3)12-25-22(28)15-6-5-9-27(13-15)23-26-20-16(24)7-4-8-19(20)32-23/h4,7-8,10-11,15H,5-6,9,12-13H2,1-3H3,(H,25,28). The molecule has 1 unspecified atom stereocenters. The van der Waals surface area contributed by atoms with Crippen LogP contribution in [0.3, 0.4) is 0 Å². The topological polar surface area (TPSA) is 72.9 Å². The molecule has 4 rings (SSSR count). The Labute approximate surface area is 190 Å². The van der Waals surface area contributed by atoms with Crippen molar-refractivity contribution in [1.29, 1.82) is 0 Å². The lowest BCUT2D eigenvalue weighted by atomic mass is 9.97. The number of anilines is 1. The molecule has 2 aromatic carbocycles. The van der Waals surface area contributed by atoms with E-state index in [1.165, 1.54) is 17.4 Å². The van der Waals surface area contributed by atoms with E-state index in [4.69, 9.17) is 14.2 Å². The summed E-state index contributed by atoms with van der Waals surface area (Å²) in [5.41, 5.74) is 1.24. The second-order valence-corrected chi connectivity index (χ2v) is 8.63. The van der Waals surface area contributed by atoms with Crippen LogP contribution >= 0.6 is 11.3 Å². The van der Waals surface area contributed by atoms with Crippen LogP contribution in [-0.2, 0) is 11.3 Å². The van der Waals surface area contributed by atoms with Crippen molar-refractivity contribution in [2.75, 3.05) is 39.3 Å². The van der Waals surface area contributed by atoms with Gasteiger partial charge in [0.1, 0.15) is 11.3 Å². The van der Waals surface area contributed by atoms with Crippen molar-refractivity contribution in [3.63, 3.8) is 0 Å². The first kappa shape index (κ1) is 22.1. The molecule has 1 aliphatic rings. The van der Waals surface area contributed by atoms with Gasteiger partial charge in [-0.1, -0.05) is 17.4 Å². The van der Waals surface area contributed by atoms with Crippen LogP contribution in [0.4, 0.5) is 9.52 Å². The summed E-state index contributed by atoms with van der Waals surface area (Å²) in [5.74, 6) is 1.10. The zero-order valence-corrected chi connectivity index (χ0v) is 19.1. The Morgan fingerprint density at radius 1 is 1.22 bits per heavy atom. The van der Waals surface area contributed by atoms with Crippen LogP contribution in [0.5, 0.6) is 17.2 Å². The maximum Gasteiger partial charge on any atom is 0.225 e. The Morgan fingerprint density at radius 3 is 2.62 bits per heavy atom. The number of carbonyl (C=O) groups is 1. The predicted molar refractivity (Wildman–Crippen MR) is 122 cm³/mol. The lowest BCUT2D eigenvalue weighted by Crippen LogP contribution is -2.42. The van der Waals surface area contributed by atoms with Crippen molar-refractivity contribution in [3.05, 3.63) is 41.7 Å². The number of aromatic nitrogens is 1. The van der Waals surface area contributed by atoms with Crippen LogP contribution in [0.2, 0.25) is 0 Å². The third kappa shape index (κ3) is 4.43. The van der Waals surface area contributed by atoms with Gasteiger partial charge in [-0.15, -0.1) is 0 Å². The summed E-state index contributed by atoms with van der Waals surface area (Å²) in [6.07, 6.45) is 1.68. The number of para-hydroxylation sites is 1. The summed E-state index contributed by atoms with van der Waals surface area (Å²) in [5, 5.41) is 3.78. The Morgan fingerprint density at radius 2 is 1.97 bits per heavy atom. The van der Waals surface area contributed by atoms with Crippen molar-refractivity contribution in [2.24, 2.45) is 5.92 Å². The maximum absolute atomic E-state index is 14.0. The molecular weight excluding hydrogens is 433 g/mol. The minimum Gasteiger partial charge on any atom is -0.493 e. The molecule has 3 aromatic rings. The largest absolute Gasteiger partial charge is 0.493 e. The highest BCUT2D eigenvalue weighted by atomic mass is 32.1. The number of nitrogens with zero attached hydrogens (tertiary/aromatic N) is 2. The number of thiazole rings is 1. The molecule has 0 bridgehead atoms. The van der Waals surface area contributed by atoms with Gasteiger partial charge in [-0.05, 0) is 42.7 Å².